The third-order valence-corrected chi connectivity index (χ3v) is 4.41. The molecule has 1 aromatic carbocycles. The molecule has 4 nitrogen and oxygen atoms in total. The molecule has 1 unspecified atom stereocenters. The molecule has 0 radical (unpaired) electrons. The fourth-order valence-corrected chi connectivity index (χ4v) is 2.86. The fourth-order valence-electron chi connectivity index (χ4n) is 1.88. The maximum atomic E-state index is 11.9. The molecule has 0 spiro atoms. The van der Waals surface area contributed by atoms with Crippen LogP contribution in [0, 0.1) is 6.92 Å². The molecule has 6 heteroatoms. The zero-order valence-electron chi connectivity index (χ0n) is 11.6. The normalized spacial score (nSPS) is 12.0. The Morgan fingerprint density at radius 1 is 1.33 bits per heavy atom. The number of hydrogen-bond acceptors (Lipinski definition) is 3. The first-order valence-electron chi connectivity index (χ1n) is 6.54. The predicted octanol–water partition coefficient (Wildman–Crippen LogP) is 3.24. The summed E-state index contributed by atoms with van der Waals surface area (Å²) in [5.41, 5.74) is 1.97. The molecule has 1 atom stereocenters. The van der Waals surface area contributed by atoms with Gasteiger partial charge in [0.25, 0.3) is 0 Å². The first kappa shape index (κ1) is 15.8. The van der Waals surface area contributed by atoms with E-state index in [1.807, 2.05) is 18.4 Å². The van der Waals surface area contributed by atoms with Crippen molar-refractivity contribution in [1.82, 2.24) is 10.6 Å². The average Bonchev–Trinajstić information content (AvgIpc) is 2.89. The van der Waals surface area contributed by atoms with Crippen LogP contribution in [0.25, 0.3) is 0 Å². The van der Waals surface area contributed by atoms with Gasteiger partial charge in [-0.3, -0.25) is 0 Å². The molecule has 0 aliphatic carbocycles. The summed E-state index contributed by atoms with van der Waals surface area (Å²) >= 11 is 7.43. The van der Waals surface area contributed by atoms with Gasteiger partial charge in [-0.2, -0.15) is 0 Å². The number of halogens is 1. The summed E-state index contributed by atoms with van der Waals surface area (Å²) in [5, 5.41) is 17.6. The van der Waals surface area contributed by atoms with Crippen LogP contribution < -0.4 is 10.6 Å². The molecular weight excluding hydrogens is 308 g/mol. The molecule has 0 bridgehead atoms. The third-order valence-electron chi connectivity index (χ3n) is 3.14. The van der Waals surface area contributed by atoms with Gasteiger partial charge in [-0.15, -0.1) is 11.3 Å². The van der Waals surface area contributed by atoms with Crippen molar-refractivity contribution in [3.63, 3.8) is 0 Å². The Kier molecular flexibility index (Phi) is 5.61. The quantitative estimate of drug-likeness (QED) is 0.790. The van der Waals surface area contributed by atoms with Crippen molar-refractivity contribution in [2.24, 2.45) is 0 Å². The lowest BCUT2D eigenvalue weighted by molar-refractivity contribution is 0.216. The number of aryl methyl sites for hydroxylation is 1. The Morgan fingerprint density at radius 2 is 2.05 bits per heavy atom. The monoisotopic (exact) mass is 324 g/mol. The Labute approximate surface area is 132 Å². The number of hydrogen-bond donors (Lipinski definition) is 3. The highest BCUT2D eigenvalue weighted by molar-refractivity contribution is 7.10. The zero-order valence-corrected chi connectivity index (χ0v) is 13.2. The summed E-state index contributed by atoms with van der Waals surface area (Å²) in [6.45, 7) is 2.32. The highest BCUT2D eigenvalue weighted by Gasteiger charge is 2.13. The second-order valence-corrected chi connectivity index (χ2v) is 6.08. The van der Waals surface area contributed by atoms with Gasteiger partial charge in [-0.1, -0.05) is 23.7 Å². The molecule has 3 N–H and O–H groups in total. The van der Waals surface area contributed by atoms with Crippen LogP contribution in [0.5, 0.6) is 0 Å². The number of aliphatic hydroxyl groups is 1. The van der Waals surface area contributed by atoms with Gasteiger partial charge in [0, 0.05) is 9.90 Å². The molecule has 0 aliphatic heterocycles. The molecule has 112 valence electrons. The van der Waals surface area contributed by atoms with Gasteiger partial charge in [0.1, 0.15) is 0 Å². The second kappa shape index (κ2) is 7.45. The summed E-state index contributed by atoms with van der Waals surface area (Å²) in [7, 11) is 0. The first-order valence-corrected chi connectivity index (χ1v) is 7.79. The number of amides is 2. The summed E-state index contributed by atoms with van der Waals surface area (Å²) in [5.74, 6) is 0. The fraction of sp³-hybridized carbons (Fsp3) is 0.267. The summed E-state index contributed by atoms with van der Waals surface area (Å²) in [6.07, 6.45) is 0. The lowest BCUT2D eigenvalue weighted by atomic mass is 10.1. The molecule has 1 heterocycles. The van der Waals surface area contributed by atoms with Gasteiger partial charge in [0.15, 0.2) is 0 Å². The zero-order chi connectivity index (χ0) is 15.2. The molecule has 2 rings (SSSR count). The average molecular weight is 325 g/mol. The second-order valence-electron chi connectivity index (χ2n) is 4.64. The van der Waals surface area contributed by atoms with Crippen molar-refractivity contribution in [2.45, 2.75) is 19.5 Å². The minimum atomic E-state index is -0.452. The van der Waals surface area contributed by atoms with E-state index < -0.39 is 6.04 Å². The lowest BCUT2D eigenvalue weighted by Crippen LogP contribution is -2.38. The Balaban J connectivity index is 1.90. The SMILES string of the molecule is Cc1ccsc1CNC(=O)NC(CO)c1ccc(Cl)cc1. The summed E-state index contributed by atoms with van der Waals surface area (Å²) in [4.78, 5) is 13.0. The number of nitrogens with one attached hydrogen (secondary N) is 2. The van der Waals surface area contributed by atoms with E-state index in [9.17, 15) is 9.90 Å². The van der Waals surface area contributed by atoms with Crippen molar-refractivity contribution in [2.75, 3.05) is 6.61 Å². The van der Waals surface area contributed by atoms with Gasteiger partial charge in [-0.05, 0) is 41.6 Å². The van der Waals surface area contributed by atoms with E-state index in [1.54, 1.807) is 35.6 Å². The Hall–Kier alpha value is -1.56. The van der Waals surface area contributed by atoms with Crippen molar-refractivity contribution >= 4 is 29.0 Å². The summed E-state index contributed by atoms with van der Waals surface area (Å²) < 4.78 is 0. The number of benzene rings is 1. The lowest BCUT2D eigenvalue weighted by Gasteiger charge is -2.17. The van der Waals surface area contributed by atoms with E-state index >= 15 is 0 Å². The van der Waals surface area contributed by atoms with Crippen LogP contribution in [0.4, 0.5) is 4.79 Å². The smallest absolute Gasteiger partial charge is 0.315 e. The molecule has 2 amide bonds. The minimum absolute atomic E-state index is 0.174. The van der Waals surface area contributed by atoms with Gasteiger partial charge < -0.3 is 15.7 Å². The van der Waals surface area contributed by atoms with Gasteiger partial charge >= 0.3 is 6.03 Å². The van der Waals surface area contributed by atoms with Crippen LogP contribution in [-0.4, -0.2) is 17.7 Å². The van der Waals surface area contributed by atoms with Crippen molar-refractivity contribution in [3.05, 3.63) is 56.7 Å². The molecule has 2 aromatic rings. The molecule has 0 aliphatic rings. The first-order chi connectivity index (χ1) is 10.1. The number of carbonyl (C=O) groups excluding carboxylic acids is 1. The van der Waals surface area contributed by atoms with Crippen LogP contribution in [0.2, 0.25) is 5.02 Å². The van der Waals surface area contributed by atoms with E-state index in [0.29, 0.717) is 11.6 Å². The van der Waals surface area contributed by atoms with Gasteiger partial charge in [-0.25, -0.2) is 4.79 Å². The molecule has 0 fully saturated rings. The van der Waals surface area contributed by atoms with E-state index in [4.69, 9.17) is 11.6 Å². The number of aliphatic hydroxyl groups excluding tert-OH is 1. The van der Waals surface area contributed by atoms with Crippen LogP contribution in [0.15, 0.2) is 35.7 Å². The number of thiophene rings is 1. The topological polar surface area (TPSA) is 61.4 Å². The maximum absolute atomic E-state index is 11.9. The van der Waals surface area contributed by atoms with Crippen molar-refractivity contribution in [1.29, 1.82) is 0 Å². The molecule has 1 aromatic heterocycles. The van der Waals surface area contributed by atoms with Crippen LogP contribution in [0.3, 0.4) is 0 Å². The van der Waals surface area contributed by atoms with Gasteiger partial charge in [0.2, 0.25) is 0 Å². The molecule has 21 heavy (non-hydrogen) atoms. The molecule has 0 saturated heterocycles. The van der Waals surface area contributed by atoms with Crippen LogP contribution >= 0.6 is 22.9 Å². The van der Waals surface area contributed by atoms with E-state index in [1.165, 1.54) is 0 Å². The number of carbonyl (C=O) groups is 1. The standard InChI is InChI=1S/C15H17ClN2O2S/c1-10-6-7-21-14(10)8-17-15(20)18-13(9-19)11-2-4-12(16)5-3-11/h2-7,13,19H,8-9H2,1H3,(H2,17,18,20). The Morgan fingerprint density at radius 3 is 2.62 bits per heavy atom. The molecular formula is C15H17ClN2O2S. The van der Waals surface area contributed by atoms with E-state index in [-0.39, 0.29) is 12.6 Å². The highest BCUT2D eigenvalue weighted by Crippen LogP contribution is 2.17. The third kappa shape index (κ3) is 4.46. The maximum Gasteiger partial charge on any atom is 0.315 e. The number of urea groups is 1. The van der Waals surface area contributed by atoms with Crippen LogP contribution in [0.1, 0.15) is 22.0 Å². The van der Waals surface area contributed by atoms with Crippen molar-refractivity contribution < 1.29 is 9.90 Å². The van der Waals surface area contributed by atoms with Crippen molar-refractivity contribution in [3.8, 4) is 0 Å². The highest BCUT2D eigenvalue weighted by atomic mass is 35.5. The van der Waals surface area contributed by atoms with Gasteiger partial charge in [0.05, 0.1) is 19.2 Å². The summed E-state index contributed by atoms with van der Waals surface area (Å²) in [6, 6.07) is 8.29. The minimum Gasteiger partial charge on any atom is -0.394 e. The predicted molar refractivity (Wildman–Crippen MR) is 85.7 cm³/mol. The Bertz CT molecular complexity index is 598. The molecule has 0 saturated carbocycles. The van der Waals surface area contributed by atoms with E-state index in [2.05, 4.69) is 10.6 Å². The van der Waals surface area contributed by atoms with Crippen LogP contribution in [-0.2, 0) is 6.54 Å². The van der Waals surface area contributed by atoms with E-state index in [0.717, 1.165) is 16.0 Å². The largest absolute Gasteiger partial charge is 0.394 e. The number of rotatable bonds is 5.